The first kappa shape index (κ1) is 17.6. The van der Waals surface area contributed by atoms with Crippen LogP contribution in [0.2, 0.25) is 0 Å². The van der Waals surface area contributed by atoms with Crippen LogP contribution in [0.25, 0.3) is 0 Å². The van der Waals surface area contributed by atoms with E-state index in [9.17, 15) is 4.79 Å². The molecule has 0 aromatic carbocycles. The van der Waals surface area contributed by atoms with Gasteiger partial charge in [0.25, 0.3) is 0 Å². The van der Waals surface area contributed by atoms with Crippen LogP contribution in [-0.4, -0.2) is 39.3 Å². The van der Waals surface area contributed by atoms with Crippen molar-refractivity contribution in [1.82, 2.24) is 25.1 Å². The predicted octanol–water partition coefficient (Wildman–Crippen LogP) is 1.09. The highest BCUT2D eigenvalue weighted by Gasteiger charge is 2.25. The smallest absolute Gasteiger partial charge is 0.225 e. The second-order valence-corrected chi connectivity index (χ2v) is 7.10. The minimum Gasteiger partial charge on any atom is -0.481 e. The number of amides is 1. The van der Waals surface area contributed by atoms with Gasteiger partial charge < -0.3 is 20.7 Å². The number of carbonyl (C=O) groups is 1. The van der Waals surface area contributed by atoms with Crippen molar-refractivity contribution in [2.45, 2.75) is 45.3 Å². The number of methoxy groups -OCH3 is 1. The molecule has 9 nitrogen and oxygen atoms in total. The fraction of sp³-hybridized carbons (Fsp3) is 0.556. The van der Waals surface area contributed by atoms with Crippen molar-refractivity contribution in [2.24, 2.45) is 5.92 Å². The lowest BCUT2D eigenvalue weighted by Gasteiger charge is -2.23. The number of nitrogens with zero attached hydrogens (tertiary/aromatic N) is 5. The Morgan fingerprint density at radius 3 is 2.89 bits per heavy atom. The van der Waals surface area contributed by atoms with Crippen LogP contribution in [0.4, 0.5) is 11.8 Å². The summed E-state index contributed by atoms with van der Waals surface area (Å²) in [5, 5.41) is 7.67. The molecule has 2 aliphatic rings. The Morgan fingerprint density at radius 2 is 2.15 bits per heavy atom. The number of hydrogen-bond acceptors (Lipinski definition) is 7. The van der Waals surface area contributed by atoms with E-state index in [1.54, 1.807) is 13.2 Å². The first-order chi connectivity index (χ1) is 13.1. The van der Waals surface area contributed by atoms with Crippen LogP contribution in [0.3, 0.4) is 0 Å². The zero-order valence-electron chi connectivity index (χ0n) is 15.5. The van der Waals surface area contributed by atoms with E-state index in [1.165, 1.54) is 0 Å². The van der Waals surface area contributed by atoms with Gasteiger partial charge in [0.15, 0.2) is 0 Å². The van der Waals surface area contributed by atoms with Gasteiger partial charge in [-0.15, -0.1) is 0 Å². The first-order valence-corrected chi connectivity index (χ1v) is 9.39. The predicted molar refractivity (Wildman–Crippen MR) is 100 cm³/mol. The summed E-state index contributed by atoms with van der Waals surface area (Å²) >= 11 is 0. The fourth-order valence-corrected chi connectivity index (χ4v) is 3.49. The molecule has 1 aliphatic heterocycles. The van der Waals surface area contributed by atoms with E-state index >= 15 is 0 Å². The maximum Gasteiger partial charge on any atom is 0.225 e. The van der Waals surface area contributed by atoms with Crippen LogP contribution >= 0.6 is 0 Å². The van der Waals surface area contributed by atoms with E-state index in [0.29, 0.717) is 19.0 Å². The Labute approximate surface area is 157 Å². The van der Waals surface area contributed by atoms with Crippen molar-refractivity contribution in [3.8, 4) is 5.88 Å². The molecule has 0 radical (unpaired) electrons. The monoisotopic (exact) mass is 371 g/mol. The number of ether oxygens (including phenoxy) is 1. The van der Waals surface area contributed by atoms with Crippen molar-refractivity contribution >= 4 is 17.7 Å². The Balaban J connectivity index is 1.46. The summed E-state index contributed by atoms with van der Waals surface area (Å²) in [4.78, 5) is 22.6. The maximum atomic E-state index is 12.0. The standard InChI is InChI=1S/C18H25N7O2/c1-27-16-9-15(21-18(19)22-16)24-6-3-7-25-14(11-24)8-13(23-25)10-20-17(26)12-4-2-5-12/h8-9,12H,2-7,10-11H2,1H3,(H,20,26)(H2,19,21,22). The summed E-state index contributed by atoms with van der Waals surface area (Å²) in [6, 6.07) is 3.85. The number of anilines is 2. The number of hydrogen-bond donors (Lipinski definition) is 2. The largest absolute Gasteiger partial charge is 0.481 e. The number of fused-ring (bicyclic) bond motifs is 1. The van der Waals surface area contributed by atoms with Gasteiger partial charge in [-0.25, -0.2) is 0 Å². The maximum absolute atomic E-state index is 12.0. The summed E-state index contributed by atoms with van der Waals surface area (Å²) < 4.78 is 7.22. The second-order valence-electron chi connectivity index (χ2n) is 7.10. The van der Waals surface area contributed by atoms with Crippen LogP contribution in [-0.2, 0) is 24.4 Å². The van der Waals surface area contributed by atoms with Crippen molar-refractivity contribution < 1.29 is 9.53 Å². The second kappa shape index (κ2) is 7.42. The first-order valence-electron chi connectivity index (χ1n) is 9.39. The van der Waals surface area contributed by atoms with Gasteiger partial charge in [0.2, 0.25) is 17.7 Å². The molecule has 27 heavy (non-hydrogen) atoms. The van der Waals surface area contributed by atoms with Crippen molar-refractivity contribution in [2.75, 3.05) is 24.3 Å². The molecule has 3 N–H and O–H groups in total. The third-order valence-electron chi connectivity index (χ3n) is 5.22. The van der Waals surface area contributed by atoms with Gasteiger partial charge in [-0.2, -0.15) is 15.1 Å². The third kappa shape index (κ3) is 3.81. The molecule has 0 saturated heterocycles. The van der Waals surface area contributed by atoms with E-state index in [4.69, 9.17) is 10.5 Å². The Kier molecular flexibility index (Phi) is 4.83. The van der Waals surface area contributed by atoms with Gasteiger partial charge in [-0.1, -0.05) is 6.42 Å². The van der Waals surface area contributed by atoms with Gasteiger partial charge in [-0.3, -0.25) is 9.48 Å². The van der Waals surface area contributed by atoms with Crippen molar-refractivity contribution in [1.29, 1.82) is 0 Å². The Hall–Kier alpha value is -2.84. The van der Waals surface area contributed by atoms with E-state index in [0.717, 1.165) is 56.0 Å². The SMILES string of the molecule is COc1cc(N2CCCn3nc(CNC(=O)C4CCC4)cc3C2)nc(N)n1. The highest BCUT2D eigenvalue weighted by atomic mass is 16.5. The summed E-state index contributed by atoms with van der Waals surface area (Å²) in [5.74, 6) is 1.73. The van der Waals surface area contributed by atoms with Gasteiger partial charge in [-0.05, 0) is 25.3 Å². The molecule has 0 spiro atoms. The molecular formula is C18H25N7O2. The number of nitrogen functional groups attached to an aromatic ring is 1. The molecule has 1 saturated carbocycles. The van der Waals surface area contributed by atoms with Gasteiger partial charge in [0, 0.05) is 25.1 Å². The quantitative estimate of drug-likeness (QED) is 0.809. The summed E-state index contributed by atoms with van der Waals surface area (Å²) in [7, 11) is 1.56. The van der Waals surface area contributed by atoms with Crippen LogP contribution in [0, 0.1) is 5.92 Å². The molecular weight excluding hydrogens is 346 g/mol. The number of aromatic nitrogens is 4. The lowest BCUT2D eigenvalue weighted by Crippen LogP contribution is -2.34. The molecule has 2 aromatic heterocycles. The lowest BCUT2D eigenvalue weighted by atomic mass is 9.85. The number of carbonyl (C=O) groups excluding carboxylic acids is 1. The van der Waals surface area contributed by atoms with E-state index in [1.807, 2.05) is 4.68 Å². The summed E-state index contributed by atoms with van der Waals surface area (Å²) in [5.41, 5.74) is 7.78. The number of rotatable bonds is 5. The van der Waals surface area contributed by atoms with E-state index < -0.39 is 0 Å². The summed E-state index contributed by atoms with van der Waals surface area (Å²) in [6.45, 7) is 2.82. The molecule has 0 atom stereocenters. The number of nitrogens with one attached hydrogen (secondary N) is 1. The normalized spacial score (nSPS) is 17.0. The lowest BCUT2D eigenvalue weighted by molar-refractivity contribution is -0.127. The van der Waals surface area contributed by atoms with Crippen LogP contribution < -0.4 is 20.7 Å². The molecule has 2 aromatic rings. The van der Waals surface area contributed by atoms with Crippen LogP contribution in [0.15, 0.2) is 12.1 Å². The number of nitrogens with two attached hydrogens (primary N) is 1. The molecule has 4 rings (SSSR count). The topological polar surface area (TPSA) is 111 Å². The van der Waals surface area contributed by atoms with Gasteiger partial charge >= 0.3 is 0 Å². The van der Waals surface area contributed by atoms with Crippen molar-refractivity contribution in [3.05, 3.63) is 23.5 Å². The highest BCUT2D eigenvalue weighted by Crippen LogP contribution is 2.26. The Bertz CT molecular complexity index is 831. The molecule has 0 bridgehead atoms. The zero-order chi connectivity index (χ0) is 18.8. The van der Waals surface area contributed by atoms with Gasteiger partial charge in [0.05, 0.1) is 31.6 Å². The third-order valence-corrected chi connectivity index (χ3v) is 5.22. The summed E-state index contributed by atoms with van der Waals surface area (Å²) in [6.07, 6.45) is 4.11. The molecule has 1 fully saturated rings. The highest BCUT2D eigenvalue weighted by molar-refractivity contribution is 5.79. The Morgan fingerprint density at radius 1 is 1.30 bits per heavy atom. The average molecular weight is 371 g/mol. The molecule has 1 amide bonds. The molecule has 3 heterocycles. The fourth-order valence-electron chi connectivity index (χ4n) is 3.49. The van der Waals surface area contributed by atoms with E-state index in [-0.39, 0.29) is 17.8 Å². The number of aryl methyl sites for hydroxylation is 1. The van der Waals surface area contributed by atoms with Crippen LogP contribution in [0.1, 0.15) is 37.1 Å². The zero-order valence-corrected chi connectivity index (χ0v) is 15.5. The molecule has 144 valence electrons. The minimum absolute atomic E-state index is 0.148. The van der Waals surface area contributed by atoms with E-state index in [2.05, 4.69) is 31.3 Å². The minimum atomic E-state index is 0.148. The average Bonchev–Trinajstić information content (AvgIpc) is 2.88. The van der Waals surface area contributed by atoms with Crippen LogP contribution in [0.5, 0.6) is 5.88 Å². The molecule has 1 aliphatic carbocycles. The van der Waals surface area contributed by atoms with Crippen molar-refractivity contribution in [3.63, 3.8) is 0 Å². The molecule has 9 heteroatoms. The molecule has 0 unspecified atom stereocenters. The van der Waals surface area contributed by atoms with Gasteiger partial charge in [0.1, 0.15) is 5.82 Å².